The van der Waals surface area contributed by atoms with Gasteiger partial charge in [-0.1, -0.05) is 48.5 Å². The first-order chi connectivity index (χ1) is 14.0. The summed E-state index contributed by atoms with van der Waals surface area (Å²) in [6.07, 6.45) is 0. The zero-order valence-corrected chi connectivity index (χ0v) is 16.0. The SMILES string of the molecule is CC(NC(=O)c1cccc(NCC(=O)Nc2ccccc2F)c1)c1ccccc1. The van der Waals surface area contributed by atoms with Crippen LogP contribution in [0.15, 0.2) is 78.9 Å². The predicted molar refractivity (Wildman–Crippen MR) is 112 cm³/mol. The van der Waals surface area contributed by atoms with E-state index in [-0.39, 0.29) is 30.1 Å². The van der Waals surface area contributed by atoms with Crippen LogP contribution >= 0.6 is 0 Å². The van der Waals surface area contributed by atoms with Gasteiger partial charge in [0.15, 0.2) is 0 Å². The van der Waals surface area contributed by atoms with Gasteiger partial charge in [0.05, 0.1) is 18.3 Å². The summed E-state index contributed by atoms with van der Waals surface area (Å²) in [5, 5.41) is 8.41. The molecule has 5 nitrogen and oxygen atoms in total. The van der Waals surface area contributed by atoms with Crippen molar-refractivity contribution >= 4 is 23.2 Å². The number of anilines is 2. The number of para-hydroxylation sites is 1. The van der Waals surface area contributed by atoms with Crippen LogP contribution in [0.1, 0.15) is 28.9 Å². The second kappa shape index (κ2) is 9.50. The Morgan fingerprint density at radius 2 is 1.66 bits per heavy atom. The Kier molecular flexibility index (Phi) is 6.58. The first-order valence-corrected chi connectivity index (χ1v) is 9.27. The highest BCUT2D eigenvalue weighted by atomic mass is 19.1. The largest absolute Gasteiger partial charge is 0.376 e. The van der Waals surface area contributed by atoms with Gasteiger partial charge in [-0.15, -0.1) is 0 Å². The molecule has 0 fully saturated rings. The van der Waals surface area contributed by atoms with Gasteiger partial charge in [0.25, 0.3) is 5.91 Å². The van der Waals surface area contributed by atoms with Crippen molar-refractivity contribution in [1.29, 1.82) is 0 Å². The van der Waals surface area contributed by atoms with Crippen LogP contribution in [0.4, 0.5) is 15.8 Å². The molecule has 1 unspecified atom stereocenters. The summed E-state index contributed by atoms with van der Waals surface area (Å²) in [5.41, 5.74) is 2.24. The van der Waals surface area contributed by atoms with Crippen LogP contribution in [0, 0.1) is 5.82 Å². The lowest BCUT2D eigenvalue weighted by atomic mass is 10.1. The molecule has 0 aliphatic heterocycles. The van der Waals surface area contributed by atoms with E-state index in [1.54, 1.807) is 36.4 Å². The molecule has 2 amide bonds. The van der Waals surface area contributed by atoms with E-state index in [9.17, 15) is 14.0 Å². The van der Waals surface area contributed by atoms with Crippen molar-refractivity contribution in [3.05, 3.63) is 95.8 Å². The number of hydrogen-bond acceptors (Lipinski definition) is 3. The quantitative estimate of drug-likeness (QED) is 0.560. The molecule has 3 rings (SSSR count). The van der Waals surface area contributed by atoms with E-state index in [2.05, 4.69) is 16.0 Å². The molecular formula is C23H22FN3O2. The van der Waals surface area contributed by atoms with Gasteiger partial charge < -0.3 is 16.0 Å². The first-order valence-electron chi connectivity index (χ1n) is 9.27. The lowest BCUT2D eigenvalue weighted by molar-refractivity contribution is -0.114. The Morgan fingerprint density at radius 1 is 0.931 bits per heavy atom. The van der Waals surface area contributed by atoms with Crippen molar-refractivity contribution in [2.24, 2.45) is 0 Å². The molecule has 0 saturated carbocycles. The minimum atomic E-state index is -0.493. The van der Waals surface area contributed by atoms with E-state index < -0.39 is 5.82 Å². The number of rotatable bonds is 7. The molecule has 6 heteroatoms. The van der Waals surface area contributed by atoms with E-state index in [1.807, 2.05) is 37.3 Å². The lowest BCUT2D eigenvalue weighted by Crippen LogP contribution is -2.27. The Morgan fingerprint density at radius 3 is 2.41 bits per heavy atom. The Bertz CT molecular complexity index is 992. The fourth-order valence-corrected chi connectivity index (χ4v) is 2.81. The number of amides is 2. The van der Waals surface area contributed by atoms with Crippen molar-refractivity contribution in [1.82, 2.24) is 5.32 Å². The van der Waals surface area contributed by atoms with E-state index in [0.29, 0.717) is 11.3 Å². The van der Waals surface area contributed by atoms with Gasteiger partial charge in [-0.3, -0.25) is 9.59 Å². The topological polar surface area (TPSA) is 70.2 Å². The zero-order chi connectivity index (χ0) is 20.6. The van der Waals surface area contributed by atoms with Gasteiger partial charge >= 0.3 is 0 Å². The lowest BCUT2D eigenvalue weighted by Gasteiger charge is -2.15. The average Bonchev–Trinajstić information content (AvgIpc) is 2.74. The minimum Gasteiger partial charge on any atom is -0.376 e. The molecule has 0 bridgehead atoms. The molecule has 3 aromatic rings. The number of nitrogens with one attached hydrogen (secondary N) is 3. The van der Waals surface area contributed by atoms with Gasteiger partial charge in [-0.05, 0) is 42.8 Å². The smallest absolute Gasteiger partial charge is 0.251 e. The van der Waals surface area contributed by atoms with Crippen LogP contribution in [0.2, 0.25) is 0 Å². The zero-order valence-electron chi connectivity index (χ0n) is 16.0. The Balaban J connectivity index is 1.57. The number of carbonyl (C=O) groups is 2. The highest BCUT2D eigenvalue weighted by molar-refractivity contribution is 5.96. The second-order valence-electron chi connectivity index (χ2n) is 6.57. The molecule has 0 aliphatic rings. The van der Waals surface area contributed by atoms with E-state index in [0.717, 1.165) is 5.56 Å². The van der Waals surface area contributed by atoms with Gasteiger partial charge in [-0.2, -0.15) is 0 Å². The Hall–Kier alpha value is -3.67. The molecule has 3 aromatic carbocycles. The summed E-state index contributed by atoms with van der Waals surface area (Å²) in [7, 11) is 0. The molecule has 0 spiro atoms. The van der Waals surface area contributed by atoms with Crippen molar-refractivity contribution in [2.75, 3.05) is 17.2 Å². The van der Waals surface area contributed by atoms with Crippen LogP contribution in [0.3, 0.4) is 0 Å². The van der Waals surface area contributed by atoms with Crippen LogP contribution in [-0.4, -0.2) is 18.4 Å². The van der Waals surface area contributed by atoms with E-state index >= 15 is 0 Å². The highest BCUT2D eigenvalue weighted by Crippen LogP contribution is 2.15. The molecule has 0 saturated heterocycles. The Labute approximate surface area is 169 Å². The maximum Gasteiger partial charge on any atom is 0.251 e. The van der Waals surface area contributed by atoms with Crippen molar-refractivity contribution in [3.63, 3.8) is 0 Å². The summed E-state index contributed by atoms with van der Waals surface area (Å²) < 4.78 is 13.6. The minimum absolute atomic E-state index is 0.0557. The molecule has 29 heavy (non-hydrogen) atoms. The molecule has 148 valence electrons. The van der Waals surface area contributed by atoms with E-state index in [1.165, 1.54) is 12.1 Å². The molecule has 1 atom stereocenters. The molecule has 0 radical (unpaired) electrons. The van der Waals surface area contributed by atoms with Gasteiger partial charge in [-0.25, -0.2) is 4.39 Å². The normalized spacial score (nSPS) is 11.4. The third-order valence-corrected chi connectivity index (χ3v) is 4.37. The predicted octanol–water partition coefficient (Wildman–Crippen LogP) is 4.37. The summed E-state index contributed by atoms with van der Waals surface area (Å²) in [4.78, 5) is 24.6. The van der Waals surface area contributed by atoms with Crippen molar-refractivity contribution in [3.8, 4) is 0 Å². The van der Waals surface area contributed by atoms with Crippen molar-refractivity contribution < 1.29 is 14.0 Å². The van der Waals surface area contributed by atoms with Crippen molar-refractivity contribution in [2.45, 2.75) is 13.0 Å². The fraction of sp³-hybridized carbons (Fsp3) is 0.130. The highest BCUT2D eigenvalue weighted by Gasteiger charge is 2.12. The standard InChI is InChI=1S/C23H22FN3O2/c1-16(17-8-3-2-4-9-17)26-23(29)18-10-7-11-19(14-18)25-15-22(28)27-21-13-6-5-12-20(21)24/h2-14,16,25H,15H2,1H3,(H,26,29)(H,27,28). The summed E-state index contributed by atoms with van der Waals surface area (Å²) in [6, 6.07) is 22.4. The summed E-state index contributed by atoms with van der Waals surface area (Å²) in [6.45, 7) is 1.86. The summed E-state index contributed by atoms with van der Waals surface area (Å²) in [5.74, 6) is -1.09. The first kappa shape index (κ1) is 20.1. The number of benzene rings is 3. The maximum atomic E-state index is 13.6. The van der Waals surface area contributed by atoms with Crippen LogP contribution in [-0.2, 0) is 4.79 Å². The third-order valence-electron chi connectivity index (χ3n) is 4.37. The van der Waals surface area contributed by atoms with Gasteiger partial charge in [0.1, 0.15) is 5.82 Å². The second-order valence-corrected chi connectivity index (χ2v) is 6.57. The number of hydrogen-bond donors (Lipinski definition) is 3. The monoisotopic (exact) mass is 391 g/mol. The molecular weight excluding hydrogens is 369 g/mol. The molecule has 0 aliphatic carbocycles. The molecule has 0 heterocycles. The fourth-order valence-electron chi connectivity index (χ4n) is 2.81. The summed E-state index contributed by atoms with van der Waals surface area (Å²) >= 11 is 0. The van der Waals surface area contributed by atoms with Gasteiger partial charge in [0.2, 0.25) is 5.91 Å². The van der Waals surface area contributed by atoms with Crippen LogP contribution in [0.5, 0.6) is 0 Å². The van der Waals surface area contributed by atoms with E-state index in [4.69, 9.17) is 0 Å². The van der Waals surface area contributed by atoms with Crippen LogP contribution < -0.4 is 16.0 Å². The van der Waals surface area contributed by atoms with Crippen LogP contribution in [0.25, 0.3) is 0 Å². The number of carbonyl (C=O) groups excluding carboxylic acids is 2. The molecule has 0 aromatic heterocycles. The van der Waals surface area contributed by atoms with Gasteiger partial charge in [0, 0.05) is 11.3 Å². The average molecular weight is 391 g/mol. The molecule has 3 N–H and O–H groups in total. The number of halogens is 1. The third kappa shape index (κ3) is 5.65. The maximum absolute atomic E-state index is 13.6.